The average Bonchev–Trinajstić information content (AvgIpc) is 2.39. The maximum absolute atomic E-state index is 12.0. The molecule has 1 aliphatic rings. The molecule has 1 aromatic rings. The monoisotopic (exact) mass is 232 g/mol. The van der Waals surface area contributed by atoms with Crippen LogP contribution in [0.3, 0.4) is 0 Å². The molecule has 3 heteroatoms. The third-order valence-corrected chi connectivity index (χ3v) is 3.18. The molecule has 17 heavy (non-hydrogen) atoms. The largest absolute Gasteiger partial charge is 0.339 e. The molecule has 0 bridgehead atoms. The van der Waals surface area contributed by atoms with Crippen LogP contribution in [-0.4, -0.2) is 30.4 Å². The number of piperazine rings is 1. The van der Waals surface area contributed by atoms with Crippen molar-refractivity contribution in [2.24, 2.45) is 5.92 Å². The second-order valence-electron chi connectivity index (χ2n) is 4.86. The van der Waals surface area contributed by atoms with Crippen molar-refractivity contribution in [2.45, 2.75) is 19.9 Å². The lowest BCUT2D eigenvalue weighted by molar-refractivity contribution is -0.135. The lowest BCUT2D eigenvalue weighted by Crippen LogP contribution is -2.49. The Morgan fingerprint density at radius 2 is 2.06 bits per heavy atom. The molecule has 1 aliphatic heterocycles. The average molecular weight is 232 g/mol. The molecule has 3 nitrogen and oxygen atoms in total. The number of rotatable bonds is 2. The first-order chi connectivity index (χ1) is 8.18. The Morgan fingerprint density at radius 1 is 1.35 bits per heavy atom. The standard InChI is InChI=1S/C14H20N2O/c1-11(2)14(17)16-9-8-15-13(10-16)12-6-4-3-5-7-12/h3-7,11,13,15H,8-10H2,1-2H3. The molecule has 0 saturated carbocycles. The maximum Gasteiger partial charge on any atom is 0.225 e. The predicted molar refractivity (Wildman–Crippen MR) is 68.6 cm³/mol. The van der Waals surface area contributed by atoms with E-state index in [1.807, 2.05) is 36.9 Å². The molecular weight excluding hydrogens is 212 g/mol. The quantitative estimate of drug-likeness (QED) is 0.843. The van der Waals surface area contributed by atoms with Crippen molar-refractivity contribution in [3.63, 3.8) is 0 Å². The van der Waals surface area contributed by atoms with E-state index in [1.165, 1.54) is 5.56 Å². The summed E-state index contributed by atoms with van der Waals surface area (Å²) in [6.07, 6.45) is 0. The van der Waals surface area contributed by atoms with Gasteiger partial charge in [-0.2, -0.15) is 0 Å². The Morgan fingerprint density at radius 3 is 2.71 bits per heavy atom. The lowest BCUT2D eigenvalue weighted by Gasteiger charge is -2.35. The summed E-state index contributed by atoms with van der Waals surface area (Å²) >= 11 is 0. The van der Waals surface area contributed by atoms with Crippen molar-refractivity contribution in [3.05, 3.63) is 35.9 Å². The molecule has 2 rings (SSSR count). The van der Waals surface area contributed by atoms with Gasteiger partial charge in [-0.05, 0) is 5.56 Å². The molecule has 0 radical (unpaired) electrons. The SMILES string of the molecule is CC(C)C(=O)N1CCNC(c2ccccc2)C1. The first-order valence-corrected chi connectivity index (χ1v) is 6.25. The van der Waals surface area contributed by atoms with Crippen molar-refractivity contribution in [1.82, 2.24) is 10.2 Å². The highest BCUT2D eigenvalue weighted by Crippen LogP contribution is 2.18. The fraction of sp³-hybridized carbons (Fsp3) is 0.500. The Labute approximate surface area is 103 Å². The van der Waals surface area contributed by atoms with Crippen LogP contribution in [0.2, 0.25) is 0 Å². The molecule has 0 spiro atoms. The van der Waals surface area contributed by atoms with E-state index in [-0.39, 0.29) is 17.9 Å². The van der Waals surface area contributed by atoms with Crippen LogP contribution < -0.4 is 5.32 Å². The lowest BCUT2D eigenvalue weighted by atomic mass is 10.0. The third kappa shape index (κ3) is 2.86. The van der Waals surface area contributed by atoms with E-state index in [0.717, 1.165) is 19.6 Å². The smallest absolute Gasteiger partial charge is 0.225 e. The molecule has 0 aliphatic carbocycles. The van der Waals surface area contributed by atoms with Gasteiger partial charge in [-0.15, -0.1) is 0 Å². The predicted octanol–water partition coefficient (Wildman–Crippen LogP) is 1.82. The van der Waals surface area contributed by atoms with Crippen molar-refractivity contribution < 1.29 is 4.79 Å². The normalized spacial score (nSPS) is 20.6. The van der Waals surface area contributed by atoms with Gasteiger partial charge < -0.3 is 10.2 Å². The van der Waals surface area contributed by atoms with Crippen LogP contribution in [-0.2, 0) is 4.79 Å². The van der Waals surface area contributed by atoms with Crippen LogP contribution in [0.4, 0.5) is 0 Å². The van der Waals surface area contributed by atoms with Crippen LogP contribution in [0, 0.1) is 5.92 Å². The van der Waals surface area contributed by atoms with Gasteiger partial charge in [-0.25, -0.2) is 0 Å². The number of benzene rings is 1. The van der Waals surface area contributed by atoms with Crippen LogP contribution >= 0.6 is 0 Å². The second kappa shape index (κ2) is 5.32. The minimum absolute atomic E-state index is 0.0875. The van der Waals surface area contributed by atoms with Crippen LogP contribution in [0.5, 0.6) is 0 Å². The molecule has 1 N–H and O–H groups in total. The number of hydrogen-bond acceptors (Lipinski definition) is 2. The summed E-state index contributed by atoms with van der Waals surface area (Å²) in [4.78, 5) is 13.9. The zero-order chi connectivity index (χ0) is 12.3. The Hall–Kier alpha value is -1.35. The van der Waals surface area contributed by atoms with Crippen LogP contribution in [0.25, 0.3) is 0 Å². The Bertz CT molecular complexity index is 375. The highest BCUT2D eigenvalue weighted by molar-refractivity contribution is 5.78. The number of amides is 1. The van der Waals surface area contributed by atoms with Gasteiger partial charge in [0.05, 0.1) is 0 Å². The van der Waals surface area contributed by atoms with E-state index in [0.29, 0.717) is 0 Å². The Balaban J connectivity index is 2.05. The first-order valence-electron chi connectivity index (χ1n) is 6.25. The fourth-order valence-corrected chi connectivity index (χ4v) is 2.22. The summed E-state index contributed by atoms with van der Waals surface area (Å²) in [5, 5.41) is 3.47. The summed E-state index contributed by atoms with van der Waals surface area (Å²) in [7, 11) is 0. The molecule has 1 aromatic carbocycles. The topological polar surface area (TPSA) is 32.3 Å². The first kappa shape index (κ1) is 12.1. The molecule has 1 heterocycles. The molecule has 1 amide bonds. The van der Waals surface area contributed by atoms with Gasteiger partial charge >= 0.3 is 0 Å². The molecule has 0 aromatic heterocycles. The summed E-state index contributed by atoms with van der Waals surface area (Å²) < 4.78 is 0. The zero-order valence-corrected chi connectivity index (χ0v) is 10.5. The number of nitrogens with one attached hydrogen (secondary N) is 1. The van der Waals surface area contributed by atoms with Crippen molar-refractivity contribution >= 4 is 5.91 Å². The van der Waals surface area contributed by atoms with Crippen LogP contribution in [0.15, 0.2) is 30.3 Å². The molecule has 1 atom stereocenters. The molecule has 1 saturated heterocycles. The van der Waals surface area contributed by atoms with Gasteiger partial charge in [0.1, 0.15) is 0 Å². The van der Waals surface area contributed by atoms with Gasteiger partial charge in [0.15, 0.2) is 0 Å². The van der Waals surface area contributed by atoms with Crippen LogP contribution in [0.1, 0.15) is 25.5 Å². The van der Waals surface area contributed by atoms with Gasteiger partial charge in [-0.1, -0.05) is 44.2 Å². The second-order valence-corrected chi connectivity index (χ2v) is 4.86. The van der Waals surface area contributed by atoms with E-state index in [2.05, 4.69) is 17.4 Å². The third-order valence-electron chi connectivity index (χ3n) is 3.18. The van der Waals surface area contributed by atoms with Crippen molar-refractivity contribution in [1.29, 1.82) is 0 Å². The summed E-state index contributed by atoms with van der Waals surface area (Å²) in [5.41, 5.74) is 1.26. The molecule has 1 unspecified atom stereocenters. The zero-order valence-electron chi connectivity index (χ0n) is 10.5. The fourth-order valence-electron chi connectivity index (χ4n) is 2.22. The van der Waals surface area contributed by atoms with Gasteiger partial charge in [0.25, 0.3) is 0 Å². The summed E-state index contributed by atoms with van der Waals surface area (Å²) in [6, 6.07) is 10.6. The minimum Gasteiger partial charge on any atom is -0.339 e. The number of carbonyl (C=O) groups is 1. The van der Waals surface area contributed by atoms with Gasteiger partial charge in [0, 0.05) is 31.6 Å². The molecular formula is C14H20N2O. The van der Waals surface area contributed by atoms with Gasteiger partial charge in [0.2, 0.25) is 5.91 Å². The number of carbonyl (C=O) groups excluding carboxylic acids is 1. The molecule has 92 valence electrons. The van der Waals surface area contributed by atoms with E-state index in [1.54, 1.807) is 0 Å². The van der Waals surface area contributed by atoms with Crippen molar-refractivity contribution in [3.8, 4) is 0 Å². The van der Waals surface area contributed by atoms with E-state index in [9.17, 15) is 4.79 Å². The minimum atomic E-state index is 0.0875. The van der Waals surface area contributed by atoms with Crippen molar-refractivity contribution in [2.75, 3.05) is 19.6 Å². The van der Waals surface area contributed by atoms with E-state index in [4.69, 9.17) is 0 Å². The molecule has 1 fully saturated rings. The highest BCUT2D eigenvalue weighted by atomic mass is 16.2. The van der Waals surface area contributed by atoms with E-state index < -0.39 is 0 Å². The Kier molecular flexibility index (Phi) is 3.79. The summed E-state index contributed by atoms with van der Waals surface area (Å²) in [5.74, 6) is 0.344. The summed E-state index contributed by atoms with van der Waals surface area (Å²) in [6.45, 7) is 6.39. The number of nitrogens with zero attached hydrogens (tertiary/aromatic N) is 1. The van der Waals surface area contributed by atoms with E-state index >= 15 is 0 Å². The highest BCUT2D eigenvalue weighted by Gasteiger charge is 2.25. The maximum atomic E-state index is 12.0. The van der Waals surface area contributed by atoms with Gasteiger partial charge in [-0.3, -0.25) is 4.79 Å². The number of hydrogen-bond donors (Lipinski definition) is 1.